The largest absolute Gasteiger partial charge is 0.487 e. The van der Waals surface area contributed by atoms with Gasteiger partial charge in [-0.25, -0.2) is 4.99 Å². The summed E-state index contributed by atoms with van der Waals surface area (Å²) in [5, 5.41) is 13.2. The summed E-state index contributed by atoms with van der Waals surface area (Å²) in [5.41, 5.74) is 0.181. The van der Waals surface area contributed by atoms with Crippen LogP contribution in [0.1, 0.15) is 6.42 Å². The van der Waals surface area contributed by atoms with Crippen LogP contribution in [0.4, 0.5) is 11.4 Å². The number of aliphatic imine (C=N–C) groups is 1. The third-order valence-electron chi connectivity index (χ3n) is 3.61. The number of rotatable bonds is 7. The Morgan fingerprint density at radius 3 is 2.74 bits per heavy atom. The maximum atomic E-state index is 12.2. The Morgan fingerprint density at radius 2 is 2.00 bits per heavy atom. The molecule has 2 aromatic carbocycles. The lowest BCUT2D eigenvalue weighted by molar-refractivity contribution is -0.384. The molecule has 0 aliphatic carbocycles. The minimum atomic E-state index is -0.627. The third kappa shape index (κ3) is 5.14. The zero-order chi connectivity index (χ0) is 19.2. The van der Waals surface area contributed by atoms with Gasteiger partial charge in [0.1, 0.15) is 22.7 Å². The van der Waals surface area contributed by atoms with Crippen molar-refractivity contribution < 1.29 is 19.2 Å². The molecule has 1 atom stereocenters. The van der Waals surface area contributed by atoms with Gasteiger partial charge in [0.2, 0.25) is 5.91 Å². The molecule has 9 heteroatoms. The van der Waals surface area contributed by atoms with Crippen molar-refractivity contribution in [1.82, 2.24) is 0 Å². The Kier molecular flexibility index (Phi) is 5.82. The lowest BCUT2D eigenvalue weighted by Crippen LogP contribution is -2.21. The van der Waals surface area contributed by atoms with Gasteiger partial charge in [0.15, 0.2) is 0 Å². The van der Waals surface area contributed by atoms with Gasteiger partial charge in [-0.2, -0.15) is 0 Å². The van der Waals surface area contributed by atoms with Crippen molar-refractivity contribution in [2.24, 2.45) is 4.99 Å². The van der Waals surface area contributed by atoms with Gasteiger partial charge in [-0.1, -0.05) is 36.0 Å². The zero-order valence-corrected chi connectivity index (χ0v) is 14.8. The molecule has 1 N–H and O–H groups in total. The summed E-state index contributed by atoms with van der Waals surface area (Å²) in [5.74, 6) is -0.136. The van der Waals surface area contributed by atoms with Crippen molar-refractivity contribution in [3.8, 4) is 5.75 Å². The Balaban J connectivity index is 1.51. The highest BCUT2D eigenvalue weighted by Crippen LogP contribution is 2.26. The average molecular weight is 385 g/mol. The number of amides is 2. The molecule has 1 aliphatic heterocycles. The van der Waals surface area contributed by atoms with Gasteiger partial charge in [-0.3, -0.25) is 19.7 Å². The molecule has 1 aliphatic rings. The molecule has 1 heterocycles. The van der Waals surface area contributed by atoms with Gasteiger partial charge < -0.3 is 10.1 Å². The van der Waals surface area contributed by atoms with Gasteiger partial charge in [0.05, 0.1) is 4.92 Å². The minimum Gasteiger partial charge on any atom is -0.487 e. The Hall–Kier alpha value is -3.20. The summed E-state index contributed by atoms with van der Waals surface area (Å²) < 4.78 is 5.55. The van der Waals surface area contributed by atoms with Crippen molar-refractivity contribution in [2.45, 2.75) is 11.7 Å². The highest BCUT2D eigenvalue weighted by Gasteiger charge is 2.30. The number of hydrogen-bond acceptors (Lipinski definition) is 6. The van der Waals surface area contributed by atoms with E-state index in [4.69, 9.17) is 4.74 Å². The monoisotopic (exact) mass is 385 g/mol. The topological polar surface area (TPSA) is 111 Å². The Labute approximate surface area is 158 Å². The van der Waals surface area contributed by atoms with E-state index in [2.05, 4.69) is 10.3 Å². The molecule has 0 spiro atoms. The first-order valence-electron chi connectivity index (χ1n) is 8.01. The minimum absolute atomic E-state index is 0.0788. The second-order valence-corrected chi connectivity index (χ2v) is 6.89. The second kappa shape index (κ2) is 8.45. The van der Waals surface area contributed by atoms with E-state index in [1.165, 1.54) is 30.0 Å². The normalized spacial score (nSPS) is 15.9. The van der Waals surface area contributed by atoms with E-state index < -0.39 is 16.1 Å². The van der Waals surface area contributed by atoms with E-state index >= 15 is 0 Å². The molecular weight excluding hydrogens is 370 g/mol. The number of carbonyl (C=O) groups is 2. The van der Waals surface area contributed by atoms with Gasteiger partial charge >= 0.3 is 0 Å². The predicted octanol–water partition coefficient (Wildman–Crippen LogP) is 3.04. The zero-order valence-electron chi connectivity index (χ0n) is 14.0. The smallest absolute Gasteiger partial charge is 0.271 e. The number of nitro groups is 1. The quantitative estimate of drug-likeness (QED) is 0.579. The number of non-ortho nitro benzene ring substituents is 1. The van der Waals surface area contributed by atoms with Crippen molar-refractivity contribution >= 4 is 40.0 Å². The van der Waals surface area contributed by atoms with Crippen molar-refractivity contribution in [1.29, 1.82) is 0 Å². The van der Waals surface area contributed by atoms with Crippen LogP contribution >= 0.6 is 11.8 Å². The number of para-hydroxylation sites is 1. The molecule has 2 aromatic rings. The molecule has 8 nitrogen and oxygen atoms in total. The molecular formula is C18H15N3O5S. The molecule has 0 radical (unpaired) electrons. The van der Waals surface area contributed by atoms with E-state index in [0.29, 0.717) is 16.5 Å². The lowest BCUT2D eigenvalue weighted by atomic mass is 10.2. The Bertz CT molecular complexity index is 901. The van der Waals surface area contributed by atoms with Crippen LogP contribution in [-0.2, 0) is 9.59 Å². The fraction of sp³-hybridized carbons (Fsp3) is 0.167. The fourth-order valence-corrected chi connectivity index (χ4v) is 3.36. The molecule has 138 valence electrons. The van der Waals surface area contributed by atoms with Crippen LogP contribution in [0, 0.1) is 10.1 Å². The summed E-state index contributed by atoms with van der Waals surface area (Å²) in [6.45, 7) is 0.156. The van der Waals surface area contributed by atoms with Crippen LogP contribution in [0.5, 0.6) is 5.75 Å². The van der Waals surface area contributed by atoms with E-state index in [9.17, 15) is 19.7 Å². The Morgan fingerprint density at radius 1 is 1.22 bits per heavy atom. The standard InChI is InChI=1S/C18H15N3O5S/c22-16(19-12-5-4-6-13(9-12)21(24)25)10-15-18(23)20-17(27-15)11-26-14-7-2-1-3-8-14/h1-9,15H,10-11H2,(H,19,22)/t15-/m0/s1. The molecule has 0 unspecified atom stereocenters. The average Bonchev–Trinajstić information content (AvgIpc) is 3.00. The first kappa shape index (κ1) is 18.6. The number of hydrogen-bond donors (Lipinski definition) is 1. The summed E-state index contributed by atoms with van der Waals surface area (Å²) in [7, 11) is 0. The first-order chi connectivity index (χ1) is 13.0. The number of nitrogens with one attached hydrogen (secondary N) is 1. The lowest BCUT2D eigenvalue weighted by Gasteiger charge is -2.09. The molecule has 2 amide bonds. The SMILES string of the molecule is O=C(C[C@@H]1SC(COc2ccccc2)=NC1=O)Nc1cccc([N+](=O)[O-])c1. The highest BCUT2D eigenvalue weighted by atomic mass is 32.2. The molecule has 27 heavy (non-hydrogen) atoms. The molecule has 0 fully saturated rings. The van der Waals surface area contributed by atoms with Gasteiger partial charge in [-0.05, 0) is 18.2 Å². The number of carbonyl (C=O) groups excluding carboxylic acids is 2. The fourth-order valence-electron chi connectivity index (χ4n) is 2.37. The summed E-state index contributed by atoms with van der Waals surface area (Å²) in [6.07, 6.45) is -0.0788. The second-order valence-electron chi connectivity index (χ2n) is 5.61. The van der Waals surface area contributed by atoms with Gasteiger partial charge in [-0.15, -0.1) is 0 Å². The molecule has 0 bridgehead atoms. The van der Waals surface area contributed by atoms with E-state index in [1.54, 1.807) is 18.2 Å². The van der Waals surface area contributed by atoms with E-state index in [-0.39, 0.29) is 24.6 Å². The van der Waals surface area contributed by atoms with Crippen molar-refractivity contribution in [3.05, 3.63) is 64.7 Å². The van der Waals surface area contributed by atoms with Crippen LogP contribution in [0.25, 0.3) is 0 Å². The number of ether oxygens (including phenoxy) is 1. The van der Waals surface area contributed by atoms with Crippen LogP contribution in [-0.4, -0.2) is 33.6 Å². The van der Waals surface area contributed by atoms with Crippen molar-refractivity contribution in [2.75, 3.05) is 11.9 Å². The van der Waals surface area contributed by atoms with Crippen LogP contribution in [0.3, 0.4) is 0 Å². The molecule has 0 saturated carbocycles. The van der Waals surface area contributed by atoms with Crippen LogP contribution < -0.4 is 10.1 Å². The third-order valence-corrected chi connectivity index (χ3v) is 4.74. The summed E-state index contributed by atoms with van der Waals surface area (Å²) in [4.78, 5) is 38.3. The molecule has 0 saturated heterocycles. The van der Waals surface area contributed by atoms with E-state index in [1.807, 2.05) is 18.2 Å². The number of nitro benzene ring substituents is 1. The van der Waals surface area contributed by atoms with E-state index in [0.717, 1.165) is 0 Å². The van der Waals surface area contributed by atoms with Crippen molar-refractivity contribution in [3.63, 3.8) is 0 Å². The molecule has 0 aromatic heterocycles. The highest BCUT2D eigenvalue weighted by molar-refractivity contribution is 8.15. The summed E-state index contributed by atoms with van der Waals surface area (Å²) in [6, 6.07) is 14.8. The number of benzene rings is 2. The van der Waals surface area contributed by atoms with Gasteiger partial charge in [0, 0.05) is 24.2 Å². The number of nitrogens with zero attached hydrogens (tertiary/aromatic N) is 2. The number of anilines is 1. The maximum Gasteiger partial charge on any atom is 0.271 e. The summed E-state index contributed by atoms with van der Waals surface area (Å²) >= 11 is 1.19. The van der Waals surface area contributed by atoms with Gasteiger partial charge in [0.25, 0.3) is 11.6 Å². The first-order valence-corrected chi connectivity index (χ1v) is 8.89. The molecule has 3 rings (SSSR count). The maximum absolute atomic E-state index is 12.2. The van der Waals surface area contributed by atoms with Crippen LogP contribution in [0.2, 0.25) is 0 Å². The predicted molar refractivity (Wildman–Crippen MR) is 102 cm³/mol. The number of thioether (sulfide) groups is 1. The van der Waals surface area contributed by atoms with Crippen LogP contribution in [0.15, 0.2) is 59.6 Å².